The minimum Gasteiger partial charge on any atom is -0.492 e. The third-order valence-electron chi connectivity index (χ3n) is 4.00. The van der Waals surface area contributed by atoms with Crippen LogP contribution >= 0.6 is 0 Å². The van der Waals surface area contributed by atoms with Gasteiger partial charge in [0, 0.05) is 0 Å². The van der Waals surface area contributed by atoms with Crippen LogP contribution in [0.5, 0.6) is 5.75 Å². The monoisotopic (exact) mass is 361 g/mol. The molecule has 26 heavy (non-hydrogen) atoms. The highest BCUT2D eigenvalue weighted by Gasteiger charge is 2.14. The van der Waals surface area contributed by atoms with E-state index < -0.39 is 5.97 Å². The summed E-state index contributed by atoms with van der Waals surface area (Å²) in [5.41, 5.74) is 0. The van der Waals surface area contributed by atoms with Crippen molar-refractivity contribution in [1.29, 1.82) is 0 Å². The van der Waals surface area contributed by atoms with Gasteiger partial charge in [-0.2, -0.15) is 0 Å². The molecule has 0 unspecified atom stereocenters. The van der Waals surface area contributed by atoms with Crippen molar-refractivity contribution in [2.24, 2.45) is 0 Å². The van der Waals surface area contributed by atoms with Crippen LogP contribution in [0.15, 0.2) is 42.5 Å². The fraction of sp³-hybridized carbons (Fsp3) is 0.524. The van der Waals surface area contributed by atoms with E-state index in [2.05, 4.69) is 6.92 Å². The number of ether oxygens (including phenoxy) is 1. The minimum atomic E-state index is -1.03. The van der Waals surface area contributed by atoms with Gasteiger partial charge in [0.05, 0.1) is 6.54 Å². The fourth-order valence-corrected chi connectivity index (χ4v) is 2.55. The third-order valence-corrected chi connectivity index (χ3v) is 4.00. The van der Waals surface area contributed by atoms with E-state index >= 15 is 0 Å². The number of aliphatic carboxylic acids is 1. The Morgan fingerprint density at radius 3 is 2.46 bits per heavy atom. The van der Waals surface area contributed by atoms with Gasteiger partial charge < -0.3 is 14.7 Å². The number of carboxylic acid groups (broad SMARTS) is 1. The Morgan fingerprint density at radius 1 is 1.08 bits per heavy atom. The number of carbonyl (C=O) groups excluding carboxylic acids is 1. The summed E-state index contributed by atoms with van der Waals surface area (Å²) in [6.45, 7) is 2.37. The lowest BCUT2D eigenvalue weighted by atomic mass is 10.1. The van der Waals surface area contributed by atoms with Crippen molar-refractivity contribution in [3.05, 3.63) is 42.5 Å². The van der Waals surface area contributed by atoms with Gasteiger partial charge in [-0.3, -0.25) is 9.59 Å². The number of para-hydroxylation sites is 1. The highest BCUT2D eigenvalue weighted by Crippen LogP contribution is 2.09. The molecule has 0 aromatic heterocycles. The maximum atomic E-state index is 12.2. The normalized spacial score (nSPS) is 10.8. The number of nitrogens with zero attached hydrogens (tertiary/aromatic N) is 1. The van der Waals surface area contributed by atoms with E-state index in [0.717, 1.165) is 12.8 Å². The standard InChI is InChI=1S/C21H31NO4/c1-2-3-4-5-6-7-8-12-15-20(23)22(18-21(24)25)16-17-26-19-13-10-9-11-14-19/h9-15H,2-8,16-18H2,1H3,(H,24,25). The first-order valence-electron chi connectivity index (χ1n) is 9.48. The van der Waals surface area contributed by atoms with Gasteiger partial charge in [0.2, 0.25) is 5.91 Å². The Balaban J connectivity index is 2.32. The van der Waals surface area contributed by atoms with E-state index in [1.165, 1.54) is 43.1 Å². The van der Waals surface area contributed by atoms with Crippen molar-refractivity contribution >= 4 is 11.9 Å². The average Bonchev–Trinajstić information content (AvgIpc) is 2.63. The molecule has 0 aliphatic rings. The summed E-state index contributed by atoms with van der Waals surface area (Å²) in [6.07, 6.45) is 11.4. The SMILES string of the molecule is CCCCCCCCC=CC(=O)N(CCOc1ccccc1)CC(=O)O. The molecule has 0 heterocycles. The van der Waals surface area contributed by atoms with Gasteiger partial charge >= 0.3 is 5.97 Å². The lowest BCUT2D eigenvalue weighted by Crippen LogP contribution is -2.37. The molecule has 1 rings (SSSR count). The van der Waals surface area contributed by atoms with Crippen LogP contribution in [-0.4, -0.2) is 41.6 Å². The quantitative estimate of drug-likeness (QED) is 0.397. The van der Waals surface area contributed by atoms with Crippen LogP contribution in [0.25, 0.3) is 0 Å². The van der Waals surface area contributed by atoms with Crippen molar-refractivity contribution in [2.45, 2.75) is 51.9 Å². The van der Waals surface area contributed by atoms with Gasteiger partial charge in [-0.15, -0.1) is 0 Å². The second-order valence-electron chi connectivity index (χ2n) is 6.27. The van der Waals surface area contributed by atoms with Gasteiger partial charge in [-0.1, -0.05) is 63.3 Å². The number of carboxylic acids is 1. The number of rotatable bonds is 14. The van der Waals surface area contributed by atoms with Crippen LogP contribution in [0.3, 0.4) is 0 Å². The number of allylic oxidation sites excluding steroid dienone is 1. The fourth-order valence-electron chi connectivity index (χ4n) is 2.55. The summed E-state index contributed by atoms with van der Waals surface area (Å²) in [6, 6.07) is 9.26. The van der Waals surface area contributed by atoms with Crippen LogP contribution in [-0.2, 0) is 9.59 Å². The summed E-state index contributed by atoms with van der Waals surface area (Å²) < 4.78 is 5.55. The Morgan fingerprint density at radius 2 is 1.77 bits per heavy atom. The molecule has 1 aromatic rings. The van der Waals surface area contributed by atoms with Gasteiger partial charge in [-0.25, -0.2) is 0 Å². The second kappa shape index (κ2) is 13.9. The lowest BCUT2D eigenvalue weighted by Gasteiger charge is -2.19. The maximum Gasteiger partial charge on any atom is 0.323 e. The summed E-state index contributed by atoms with van der Waals surface area (Å²) >= 11 is 0. The summed E-state index contributed by atoms with van der Waals surface area (Å²) in [4.78, 5) is 24.5. The molecular weight excluding hydrogens is 330 g/mol. The number of unbranched alkanes of at least 4 members (excludes halogenated alkanes) is 6. The van der Waals surface area contributed by atoms with Crippen LogP contribution in [0.1, 0.15) is 51.9 Å². The zero-order chi connectivity index (χ0) is 19.0. The second-order valence-corrected chi connectivity index (χ2v) is 6.27. The Labute approximate surface area is 156 Å². The number of carbonyl (C=O) groups is 2. The predicted molar refractivity (Wildman–Crippen MR) is 103 cm³/mol. The Hall–Kier alpha value is -2.30. The number of hydrogen-bond acceptors (Lipinski definition) is 3. The summed E-state index contributed by atoms with van der Waals surface area (Å²) in [5, 5.41) is 9.00. The van der Waals surface area contributed by atoms with Crippen LogP contribution < -0.4 is 4.74 Å². The van der Waals surface area contributed by atoms with Crippen molar-refractivity contribution in [1.82, 2.24) is 4.90 Å². The molecule has 0 atom stereocenters. The van der Waals surface area contributed by atoms with Gasteiger partial charge in [0.1, 0.15) is 18.9 Å². The van der Waals surface area contributed by atoms with Crippen LogP contribution in [0.4, 0.5) is 0 Å². The molecule has 5 heteroatoms. The molecule has 0 bridgehead atoms. The first-order chi connectivity index (χ1) is 12.6. The molecule has 0 aliphatic carbocycles. The van der Waals surface area contributed by atoms with Crippen LogP contribution in [0, 0.1) is 0 Å². The molecule has 1 N–H and O–H groups in total. The molecular formula is C21H31NO4. The highest BCUT2D eigenvalue weighted by molar-refractivity contribution is 5.90. The Bertz CT molecular complexity index is 542. The molecule has 0 saturated carbocycles. The summed E-state index contributed by atoms with van der Waals surface area (Å²) in [5.74, 6) is -0.605. The number of amides is 1. The van der Waals surface area contributed by atoms with Crippen molar-refractivity contribution in [3.63, 3.8) is 0 Å². The van der Waals surface area contributed by atoms with E-state index in [1.54, 1.807) is 0 Å². The van der Waals surface area contributed by atoms with E-state index in [0.29, 0.717) is 5.75 Å². The molecule has 5 nitrogen and oxygen atoms in total. The third kappa shape index (κ3) is 10.5. The van der Waals surface area contributed by atoms with E-state index in [9.17, 15) is 9.59 Å². The summed E-state index contributed by atoms with van der Waals surface area (Å²) in [7, 11) is 0. The highest BCUT2D eigenvalue weighted by atomic mass is 16.5. The van der Waals surface area contributed by atoms with Gasteiger partial charge in [0.25, 0.3) is 0 Å². The molecule has 0 spiro atoms. The molecule has 0 radical (unpaired) electrons. The van der Waals surface area contributed by atoms with E-state index in [4.69, 9.17) is 9.84 Å². The van der Waals surface area contributed by atoms with Crippen molar-refractivity contribution in [3.8, 4) is 5.75 Å². The average molecular weight is 361 g/mol. The van der Waals surface area contributed by atoms with E-state index in [-0.39, 0.29) is 25.6 Å². The maximum absolute atomic E-state index is 12.2. The molecule has 0 saturated heterocycles. The van der Waals surface area contributed by atoms with Gasteiger partial charge in [-0.05, 0) is 31.1 Å². The topological polar surface area (TPSA) is 66.8 Å². The lowest BCUT2D eigenvalue weighted by molar-refractivity contribution is -0.142. The molecule has 0 fully saturated rings. The predicted octanol–water partition coefficient (Wildman–Crippen LogP) is 4.29. The zero-order valence-corrected chi connectivity index (χ0v) is 15.7. The van der Waals surface area contributed by atoms with Crippen molar-refractivity contribution < 1.29 is 19.4 Å². The number of hydrogen-bond donors (Lipinski definition) is 1. The van der Waals surface area contributed by atoms with Crippen molar-refractivity contribution in [2.75, 3.05) is 19.7 Å². The van der Waals surface area contributed by atoms with Crippen LogP contribution in [0.2, 0.25) is 0 Å². The first kappa shape index (κ1) is 21.7. The first-order valence-corrected chi connectivity index (χ1v) is 9.48. The minimum absolute atomic E-state index is 0.237. The largest absolute Gasteiger partial charge is 0.492 e. The zero-order valence-electron chi connectivity index (χ0n) is 15.7. The Kier molecular flexibility index (Phi) is 11.6. The molecule has 144 valence electrons. The molecule has 0 aliphatic heterocycles. The molecule has 1 amide bonds. The van der Waals surface area contributed by atoms with Gasteiger partial charge in [0.15, 0.2) is 0 Å². The smallest absolute Gasteiger partial charge is 0.323 e. The van der Waals surface area contributed by atoms with E-state index in [1.807, 2.05) is 36.4 Å². The molecule has 1 aromatic carbocycles. The number of benzene rings is 1.